The first-order valence-electron chi connectivity index (χ1n) is 9.85. The van der Waals surface area contributed by atoms with Gasteiger partial charge in [-0.3, -0.25) is 9.59 Å². The van der Waals surface area contributed by atoms with Crippen LogP contribution in [-0.2, 0) is 19.1 Å². The monoisotopic (exact) mass is 451 g/mol. The zero-order chi connectivity index (χ0) is 22.7. The number of hydrogen-bond donors (Lipinski definition) is 1. The largest absolute Gasteiger partial charge is 0.465 e. The van der Waals surface area contributed by atoms with Gasteiger partial charge in [-0.25, -0.2) is 13.6 Å². The molecule has 3 rings (SSSR count). The van der Waals surface area contributed by atoms with Gasteiger partial charge < -0.3 is 14.8 Å². The number of hydrogen-bond acceptors (Lipinski definition) is 6. The maximum absolute atomic E-state index is 14.2. The van der Waals surface area contributed by atoms with Crippen molar-refractivity contribution in [1.82, 2.24) is 0 Å². The molecule has 2 aromatic rings. The molecule has 0 bridgehead atoms. The van der Waals surface area contributed by atoms with E-state index in [0.29, 0.717) is 23.6 Å². The fourth-order valence-corrected chi connectivity index (χ4v) is 4.82. The number of rotatable bonds is 5. The van der Waals surface area contributed by atoms with Gasteiger partial charge in [-0.05, 0) is 43.4 Å². The standard InChI is InChI=1S/C22H23F2NO5S/c1-11-4-6-15(18(8-11)30-12(2)26)20(27)25-21-16(22(28)29-3)10-19(31-21)14-7-5-13(23)9-17(14)24/h5,7,9-11,15,18H,4,6,8H2,1-3H3,(H,25,27)/t11-,15-,18+/m1/s1. The molecule has 1 aliphatic carbocycles. The maximum atomic E-state index is 14.2. The highest BCUT2D eigenvalue weighted by molar-refractivity contribution is 7.20. The van der Waals surface area contributed by atoms with E-state index >= 15 is 0 Å². The van der Waals surface area contributed by atoms with Crippen LogP contribution in [0, 0.1) is 23.5 Å². The fraction of sp³-hybridized carbons (Fsp3) is 0.409. The lowest BCUT2D eigenvalue weighted by Crippen LogP contribution is -2.40. The van der Waals surface area contributed by atoms with Gasteiger partial charge in [0.2, 0.25) is 5.91 Å². The second kappa shape index (κ2) is 9.55. The summed E-state index contributed by atoms with van der Waals surface area (Å²) in [5.74, 6) is -3.32. The average Bonchev–Trinajstić information content (AvgIpc) is 3.10. The van der Waals surface area contributed by atoms with E-state index in [1.165, 1.54) is 26.2 Å². The second-order valence-corrected chi connectivity index (χ2v) is 8.68. The van der Waals surface area contributed by atoms with Crippen LogP contribution in [-0.4, -0.2) is 31.1 Å². The number of halogens is 2. The van der Waals surface area contributed by atoms with Gasteiger partial charge in [-0.1, -0.05) is 6.92 Å². The van der Waals surface area contributed by atoms with E-state index in [1.807, 2.05) is 6.92 Å². The Morgan fingerprint density at radius 1 is 1.16 bits per heavy atom. The topological polar surface area (TPSA) is 81.7 Å². The molecule has 6 nitrogen and oxygen atoms in total. The molecule has 3 atom stereocenters. The normalized spacial score (nSPS) is 20.7. The van der Waals surface area contributed by atoms with Crippen LogP contribution >= 0.6 is 11.3 Å². The summed E-state index contributed by atoms with van der Waals surface area (Å²) in [4.78, 5) is 37.1. The van der Waals surface area contributed by atoms with Gasteiger partial charge in [-0.2, -0.15) is 0 Å². The molecule has 0 aliphatic heterocycles. The quantitative estimate of drug-likeness (QED) is 0.662. The number of carbonyl (C=O) groups is 3. The van der Waals surface area contributed by atoms with Crippen molar-refractivity contribution < 1.29 is 32.6 Å². The summed E-state index contributed by atoms with van der Waals surface area (Å²) in [5, 5.41) is 2.92. The second-order valence-electron chi connectivity index (χ2n) is 7.63. The molecule has 1 aromatic heterocycles. The predicted octanol–water partition coefficient (Wildman–Crippen LogP) is 4.79. The Morgan fingerprint density at radius 2 is 1.90 bits per heavy atom. The molecule has 9 heteroatoms. The van der Waals surface area contributed by atoms with Crippen LogP contribution in [0.1, 0.15) is 43.5 Å². The van der Waals surface area contributed by atoms with Gasteiger partial charge in [0.15, 0.2) is 0 Å². The molecule has 0 radical (unpaired) electrons. The van der Waals surface area contributed by atoms with E-state index in [0.717, 1.165) is 29.9 Å². The molecular weight excluding hydrogens is 428 g/mol. The minimum Gasteiger partial charge on any atom is -0.465 e. The highest BCUT2D eigenvalue weighted by Crippen LogP contribution is 2.38. The predicted molar refractivity (Wildman–Crippen MR) is 112 cm³/mol. The third-order valence-electron chi connectivity index (χ3n) is 5.28. The van der Waals surface area contributed by atoms with Crippen LogP contribution in [0.15, 0.2) is 24.3 Å². The summed E-state index contributed by atoms with van der Waals surface area (Å²) < 4.78 is 37.6. The summed E-state index contributed by atoms with van der Waals surface area (Å²) in [7, 11) is 1.20. The number of carbonyl (C=O) groups excluding carboxylic acids is 3. The number of anilines is 1. The highest BCUT2D eigenvalue weighted by atomic mass is 32.1. The van der Waals surface area contributed by atoms with Crippen molar-refractivity contribution in [3.05, 3.63) is 41.5 Å². The van der Waals surface area contributed by atoms with Crippen molar-refractivity contribution in [3.8, 4) is 10.4 Å². The van der Waals surface area contributed by atoms with Gasteiger partial charge in [0.05, 0.1) is 18.6 Å². The van der Waals surface area contributed by atoms with Crippen molar-refractivity contribution in [1.29, 1.82) is 0 Å². The number of nitrogens with one attached hydrogen (secondary N) is 1. The summed E-state index contributed by atoms with van der Waals surface area (Å²) in [5.41, 5.74) is 0.161. The summed E-state index contributed by atoms with van der Waals surface area (Å²) in [6, 6.07) is 4.52. The van der Waals surface area contributed by atoms with Crippen LogP contribution in [0.4, 0.5) is 13.8 Å². The first-order valence-corrected chi connectivity index (χ1v) is 10.7. The molecule has 1 heterocycles. The van der Waals surface area contributed by atoms with Crippen LogP contribution in [0.5, 0.6) is 0 Å². The molecule has 31 heavy (non-hydrogen) atoms. The molecule has 166 valence electrons. The lowest BCUT2D eigenvalue weighted by Gasteiger charge is -2.33. The number of esters is 2. The van der Waals surface area contributed by atoms with E-state index in [1.54, 1.807) is 0 Å². The van der Waals surface area contributed by atoms with E-state index in [4.69, 9.17) is 9.47 Å². The number of thiophene rings is 1. The minimum absolute atomic E-state index is 0.0628. The van der Waals surface area contributed by atoms with Gasteiger partial charge >= 0.3 is 11.9 Å². The molecular formula is C22H23F2NO5S. The first-order chi connectivity index (χ1) is 14.7. The average molecular weight is 451 g/mol. The molecule has 0 unspecified atom stereocenters. The van der Waals surface area contributed by atoms with Gasteiger partial charge in [0, 0.05) is 23.4 Å². The zero-order valence-electron chi connectivity index (χ0n) is 17.4. The van der Waals surface area contributed by atoms with E-state index < -0.39 is 41.5 Å². The highest BCUT2D eigenvalue weighted by Gasteiger charge is 2.36. The Morgan fingerprint density at radius 3 is 2.55 bits per heavy atom. The Hall–Kier alpha value is -2.81. The Bertz CT molecular complexity index is 1010. The Kier molecular flexibility index (Phi) is 7.04. The summed E-state index contributed by atoms with van der Waals surface area (Å²) in [6.45, 7) is 3.33. The zero-order valence-corrected chi connectivity index (χ0v) is 18.2. The Labute approximate surface area is 182 Å². The van der Waals surface area contributed by atoms with Crippen molar-refractivity contribution in [2.45, 2.75) is 39.2 Å². The molecule has 1 aliphatic rings. The summed E-state index contributed by atoms with van der Waals surface area (Å²) in [6.07, 6.45) is 1.34. The first kappa shape index (κ1) is 22.9. The van der Waals surface area contributed by atoms with Crippen LogP contribution in [0.2, 0.25) is 0 Å². The van der Waals surface area contributed by atoms with Gasteiger partial charge in [0.1, 0.15) is 22.7 Å². The van der Waals surface area contributed by atoms with E-state index in [2.05, 4.69) is 5.32 Å². The molecule has 1 amide bonds. The van der Waals surface area contributed by atoms with Crippen molar-refractivity contribution in [2.75, 3.05) is 12.4 Å². The fourth-order valence-electron chi connectivity index (χ4n) is 3.74. The smallest absolute Gasteiger partial charge is 0.340 e. The van der Waals surface area contributed by atoms with Crippen LogP contribution in [0.25, 0.3) is 10.4 Å². The number of benzene rings is 1. The minimum atomic E-state index is -0.785. The molecule has 1 N–H and O–H groups in total. The summed E-state index contributed by atoms with van der Waals surface area (Å²) >= 11 is 0.981. The molecule has 1 aromatic carbocycles. The lowest BCUT2D eigenvalue weighted by molar-refractivity contribution is -0.153. The maximum Gasteiger partial charge on any atom is 0.340 e. The number of amides is 1. The van der Waals surface area contributed by atoms with E-state index in [9.17, 15) is 23.2 Å². The lowest BCUT2D eigenvalue weighted by atomic mass is 9.80. The molecule has 0 spiro atoms. The number of ether oxygens (including phenoxy) is 2. The van der Waals surface area contributed by atoms with Crippen molar-refractivity contribution >= 4 is 34.2 Å². The number of methoxy groups -OCH3 is 1. The van der Waals surface area contributed by atoms with Crippen molar-refractivity contribution in [2.24, 2.45) is 11.8 Å². The van der Waals surface area contributed by atoms with Crippen LogP contribution in [0.3, 0.4) is 0 Å². The molecule has 1 saturated carbocycles. The van der Waals surface area contributed by atoms with Crippen LogP contribution < -0.4 is 5.32 Å². The Balaban J connectivity index is 1.90. The van der Waals surface area contributed by atoms with Gasteiger partial charge in [-0.15, -0.1) is 11.3 Å². The third kappa shape index (κ3) is 5.28. The molecule has 0 saturated heterocycles. The third-order valence-corrected chi connectivity index (χ3v) is 6.36. The molecule has 1 fully saturated rings. The van der Waals surface area contributed by atoms with E-state index in [-0.39, 0.29) is 16.1 Å². The van der Waals surface area contributed by atoms with Crippen molar-refractivity contribution in [3.63, 3.8) is 0 Å². The SMILES string of the molecule is COC(=O)c1cc(-c2ccc(F)cc2F)sc1NC(=O)[C@@H]1CC[C@@H](C)C[C@@H]1OC(C)=O. The van der Waals surface area contributed by atoms with Gasteiger partial charge in [0.25, 0.3) is 0 Å².